The molecule has 0 spiro atoms. The zero-order valence-corrected chi connectivity index (χ0v) is 10.5. The molecule has 18 heavy (non-hydrogen) atoms. The van der Waals surface area contributed by atoms with Gasteiger partial charge in [-0.15, -0.1) is 0 Å². The molecular weight excluding hydrogens is 257 g/mol. The van der Waals surface area contributed by atoms with Crippen molar-refractivity contribution in [1.29, 1.82) is 5.26 Å². The van der Waals surface area contributed by atoms with E-state index in [-0.39, 0.29) is 36.7 Å². The fourth-order valence-electron chi connectivity index (χ4n) is 1.93. The van der Waals surface area contributed by atoms with Crippen molar-refractivity contribution in [3.8, 4) is 6.07 Å². The molecule has 96 valence electrons. The number of rotatable bonds is 2. The Morgan fingerprint density at radius 3 is 2.83 bits per heavy atom. The molecular formula is C12H13ClFN3O. The van der Waals surface area contributed by atoms with Gasteiger partial charge in [0.15, 0.2) is 6.04 Å². The standard InChI is InChI=1S/C12H12FN3O.ClH/c13-10-2-1-8(6-14)5-9(10)7-16-4-3-11(15)12(16)17;/h1-2,5,11H,3-4,7,15H2;1H/t11-;/m0./s1. The number of hydrogen-bond acceptors (Lipinski definition) is 2. The van der Waals surface area contributed by atoms with Gasteiger partial charge in [-0.05, 0) is 18.2 Å². The third kappa shape index (κ3) is 2.78. The van der Waals surface area contributed by atoms with Gasteiger partial charge in [0.2, 0.25) is 0 Å². The summed E-state index contributed by atoms with van der Waals surface area (Å²) in [5.41, 5.74) is 4.51. The molecule has 1 aliphatic rings. The van der Waals surface area contributed by atoms with Crippen molar-refractivity contribution < 1.29 is 27.3 Å². The van der Waals surface area contributed by atoms with Gasteiger partial charge in [-0.1, -0.05) is 0 Å². The summed E-state index contributed by atoms with van der Waals surface area (Å²) in [7, 11) is 0. The van der Waals surface area contributed by atoms with E-state index < -0.39 is 0 Å². The van der Waals surface area contributed by atoms with Gasteiger partial charge < -0.3 is 23.0 Å². The minimum atomic E-state index is -0.385. The molecule has 0 aromatic heterocycles. The molecule has 1 aromatic carbocycles. The van der Waals surface area contributed by atoms with Crippen LogP contribution in [0.1, 0.15) is 17.5 Å². The van der Waals surface area contributed by atoms with Gasteiger partial charge in [0.05, 0.1) is 11.6 Å². The summed E-state index contributed by atoms with van der Waals surface area (Å²) < 4.78 is 13.5. The Labute approximate surface area is 111 Å². The Balaban J connectivity index is 0.00000162. The van der Waals surface area contributed by atoms with Gasteiger partial charge in [0.25, 0.3) is 5.91 Å². The number of amides is 1. The van der Waals surface area contributed by atoms with Crippen LogP contribution in [0, 0.1) is 17.1 Å². The van der Waals surface area contributed by atoms with Crippen LogP contribution in [0.2, 0.25) is 0 Å². The first-order valence-corrected chi connectivity index (χ1v) is 5.42. The highest BCUT2D eigenvalue weighted by Crippen LogP contribution is 2.16. The Bertz CT molecular complexity index is 501. The zero-order valence-electron chi connectivity index (χ0n) is 9.70. The molecule has 1 atom stereocenters. The Kier molecular flexibility index (Phi) is 4.65. The number of likely N-dealkylation sites (tertiary alicyclic amines) is 1. The lowest BCUT2D eigenvalue weighted by molar-refractivity contribution is -0.401. The number of carbonyl (C=O) groups excluding carboxylic acids is 1. The number of nitriles is 1. The van der Waals surface area contributed by atoms with E-state index in [1.54, 1.807) is 4.90 Å². The number of nitrogens with zero attached hydrogens (tertiary/aromatic N) is 2. The Morgan fingerprint density at radius 2 is 2.28 bits per heavy atom. The second-order valence-corrected chi connectivity index (χ2v) is 4.16. The highest BCUT2D eigenvalue weighted by Gasteiger charge is 2.31. The van der Waals surface area contributed by atoms with E-state index in [9.17, 15) is 9.18 Å². The molecule has 2 rings (SSSR count). The quantitative estimate of drug-likeness (QED) is 0.623. The lowest BCUT2D eigenvalue weighted by atomic mass is 10.1. The van der Waals surface area contributed by atoms with Crippen LogP contribution in [0.15, 0.2) is 18.2 Å². The van der Waals surface area contributed by atoms with Crippen LogP contribution in [0.25, 0.3) is 0 Å². The van der Waals surface area contributed by atoms with Crippen molar-refractivity contribution in [3.05, 3.63) is 35.1 Å². The molecule has 1 aromatic rings. The summed E-state index contributed by atoms with van der Waals surface area (Å²) in [4.78, 5) is 13.2. The van der Waals surface area contributed by atoms with E-state index in [2.05, 4.69) is 5.73 Å². The normalized spacial score (nSPS) is 18.4. The first kappa shape index (κ1) is 14.4. The first-order valence-electron chi connectivity index (χ1n) is 5.42. The molecule has 1 saturated heterocycles. The maximum atomic E-state index is 13.5. The first-order chi connectivity index (χ1) is 8.11. The Morgan fingerprint density at radius 1 is 1.56 bits per heavy atom. The van der Waals surface area contributed by atoms with Crippen LogP contribution >= 0.6 is 0 Å². The number of hydrogen-bond donors (Lipinski definition) is 1. The van der Waals surface area contributed by atoms with Gasteiger partial charge in [-0.2, -0.15) is 5.26 Å². The van der Waals surface area contributed by atoms with Gasteiger partial charge in [0, 0.05) is 25.1 Å². The molecule has 4 nitrogen and oxygen atoms in total. The number of quaternary nitrogens is 1. The fourth-order valence-corrected chi connectivity index (χ4v) is 1.93. The lowest BCUT2D eigenvalue weighted by Gasteiger charge is -2.15. The molecule has 0 aliphatic carbocycles. The summed E-state index contributed by atoms with van der Waals surface area (Å²) in [6.45, 7) is 0.815. The number of benzene rings is 1. The molecule has 1 heterocycles. The van der Waals surface area contributed by atoms with Crippen molar-refractivity contribution >= 4 is 5.91 Å². The van der Waals surface area contributed by atoms with Crippen molar-refractivity contribution in [2.75, 3.05) is 6.54 Å². The summed E-state index contributed by atoms with van der Waals surface area (Å²) >= 11 is 0. The SMILES string of the molecule is N#Cc1ccc(F)c(CN2CC[C@H]([NH3+])C2=O)c1.[Cl-]. The van der Waals surface area contributed by atoms with Crippen LogP contribution in [-0.2, 0) is 11.3 Å². The van der Waals surface area contributed by atoms with E-state index in [0.29, 0.717) is 24.1 Å². The largest absolute Gasteiger partial charge is 1.00 e. The van der Waals surface area contributed by atoms with Gasteiger partial charge in [-0.3, -0.25) is 4.79 Å². The number of halogens is 2. The highest BCUT2D eigenvalue weighted by molar-refractivity contribution is 5.82. The molecule has 0 saturated carbocycles. The predicted molar refractivity (Wildman–Crippen MR) is 57.8 cm³/mol. The molecule has 1 amide bonds. The lowest BCUT2D eigenvalue weighted by Crippen LogP contribution is -3.00. The molecule has 0 radical (unpaired) electrons. The summed E-state index contributed by atoms with van der Waals surface area (Å²) in [5.74, 6) is -0.434. The molecule has 0 unspecified atom stereocenters. The molecule has 1 fully saturated rings. The third-order valence-electron chi connectivity index (χ3n) is 2.94. The average Bonchev–Trinajstić information content (AvgIpc) is 2.64. The van der Waals surface area contributed by atoms with Crippen molar-refractivity contribution in [2.45, 2.75) is 19.0 Å². The maximum Gasteiger partial charge on any atom is 0.281 e. The molecule has 0 bridgehead atoms. The summed E-state index contributed by atoms with van der Waals surface area (Å²) in [6, 6.07) is 5.90. The molecule has 6 heteroatoms. The zero-order chi connectivity index (χ0) is 12.4. The second-order valence-electron chi connectivity index (χ2n) is 4.16. The Hall–Kier alpha value is -1.64. The van der Waals surface area contributed by atoms with Crippen LogP contribution < -0.4 is 18.1 Å². The van der Waals surface area contributed by atoms with E-state index in [1.165, 1.54) is 18.2 Å². The van der Waals surface area contributed by atoms with Crippen LogP contribution in [0.4, 0.5) is 4.39 Å². The topological polar surface area (TPSA) is 71.7 Å². The van der Waals surface area contributed by atoms with Crippen molar-refractivity contribution in [2.24, 2.45) is 0 Å². The second kappa shape index (κ2) is 5.80. The highest BCUT2D eigenvalue weighted by atomic mass is 35.5. The van der Waals surface area contributed by atoms with Crippen LogP contribution in [0.3, 0.4) is 0 Å². The number of carbonyl (C=O) groups is 1. The van der Waals surface area contributed by atoms with Crippen molar-refractivity contribution in [1.82, 2.24) is 4.90 Å². The van der Waals surface area contributed by atoms with Gasteiger partial charge >= 0.3 is 0 Å². The maximum absolute atomic E-state index is 13.5. The van der Waals surface area contributed by atoms with E-state index in [1.807, 2.05) is 6.07 Å². The van der Waals surface area contributed by atoms with Crippen LogP contribution in [-0.4, -0.2) is 23.4 Å². The smallest absolute Gasteiger partial charge is 0.281 e. The van der Waals surface area contributed by atoms with Crippen molar-refractivity contribution in [3.63, 3.8) is 0 Å². The van der Waals surface area contributed by atoms with Crippen LogP contribution in [0.5, 0.6) is 0 Å². The fraction of sp³-hybridized carbons (Fsp3) is 0.333. The average molecular weight is 270 g/mol. The van der Waals surface area contributed by atoms with E-state index in [0.717, 1.165) is 0 Å². The monoisotopic (exact) mass is 269 g/mol. The predicted octanol–water partition coefficient (Wildman–Crippen LogP) is -2.96. The summed E-state index contributed by atoms with van der Waals surface area (Å²) in [5, 5.41) is 8.74. The van der Waals surface area contributed by atoms with E-state index in [4.69, 9.17) is 5.26 Å². The minimum absolute atomic E-state index is 0. The minimum Gasteiger partial charge on any atom is -1.00 e. The summed E-state index contributed by atoms with van der Waals surface area (Å²) in [6.07, 6.45) is 0.707. The molecule has 1 aliphatic heterocycles. The van der Waals surface area contributed by atoms with Gasteiger partial charge in [0.1, 0.15) is 5.82 Å². The third-order valence-corrected chi connectivity index (χ3v) is 2.94. The van der Waals surface area contributed by atoms with Gasteiger partial charge in [-0.25, -0.2) is 4.39 Å². The molecule has 3 N–H and O–H groups in total. The van der Waals surface area contributed by atoms with E-state index >= 15 is 0 Å².